The van der Waals surface area contributed by atoms with E-state index in [4.69, 9.17) is 23.2 Å². The van der Waals surface area contributed by atoms with Gasteiger partial charge < -0.3 is 0 Å². The van der Waals surface area contributed by atoms with Gasteiger partial charge in [0.25, 0.3) is 0 Å². The molecule has 12 heavy (non-hydrogen) atoms. The van der Waals surface area contributed by atoms with Gasteiger partial charge in [-0.05, 0) is 23.8 Å². The lowest BCUT2D eigenvalue weighted by atomic mass is 10.1. The van der Waals surface area contributed by atoms with Gasteiger partial charge in [0.1, 0.15) is 5.82 Å². The minimum absolute atomic E-state index is 0.351. The van der Waals surface area contributed by atoms with Crippen LogP contribution in [0.25, 0.3) is 0 Å². The van der Waals surface area contributed by atoms with E-state index >= 15 is 0 Å². The molecule has 0 bridgehead atoms. The zero-order valence-corrected chi connectivity index (χ0v) is 7.79. The first-order valence-electron chi connectivity index (χ1n) is 3.36. The molecule has 0 saturated carbocycles. The lowest BCUT2D eigenvalue weighted by molar-refractivity contribution is 0.626. The minimum atomic E-state index is -0.351. The topological polar surface area (TPSA) is 0 Å². The van der Waals surface area contributed by atoms with Crippen LogP contribution in [0.15, 0.2) is 29.8 Å². The first-order valence-corrected chi connectivity index (χ1v) is 4.12. The van der Waals surface area contributed by atoms with Gasteiger partial charge in [-0.25, -0.2) is 4.39 Å². The Morgan fingerprint density at radius 3 is 2.58 bits per heavy atom. The molecular weight excluding hydrogens is 198 g/mol. The van der Waals surface area contributed by atoms with Gasteiger partial charge in [0.2, 0.25) is 0 Å². The lowest BCUT2D eigenvalue weighted by Gasteiger charge is -1.99. The Morgan fingerprint density at radius 2 is 2.08 bits per heavy atom. The largest absolute Gasteiger partial charge is 0.207 e. The van der Waals surface area contributed by atoms with E-state index in [0.717, 1.165) is 5.56 Å². The standard InChI is InChI=1S/C9H7Cl2F/c1-6(10)2-7-3-8(11)5-9(12)4-7/h3-5H,1-2H2. The Balaban J connectivity index is 2.93. The first kappa shape index (κ1) is 9.56. The van der Waals surface area contributed by atoms with Crippen molar-refractivity contribution in [3.8, 4) is 0 Å². The van der Waals surface area contributed by atoms with Crippen molar-refractivity contribution in [2.75, 3.05) is 0 Å². The molecule has 0 saturated heterocycles. The van der Waals surface area contributed by atoms with Gasteiger partial charge in [0, 0.05) is 16.5 Å². The van der Waals surface area contributed by atoms with E-state index < -0.39 is 0 Å². The maximum absolute atomic E-state index is 12.7. The zero-order valence-electron chi connectivity index (χ0n) is 6.28. The molecule has 0 aliphatic rings. The smallest absolute Gasteiger partial charge is 0.124 e. The maximum atomic E-state index is 12.7. The summed E-state index contributed by atoms with van der Waals surface area (Å²) in [6, 6.07) is 4.31. The summed E-state index contributed by atoms with van der Waals surface area (Å²) in [5, 5.41) is 0.847. The van der Waals surface area contributed by atoms with Gasteiger partial charge in [-0.1, -0.05) is 29.8 Å². The molecule has 0 N–H and O–H groups in total. The highest BCUT2D eigenvalue weighted by Crippen LogP contribution is 2.17. The molecule has 0 fully saturated rings. The van der Waals surface area contributed by atoms with E-state index in [1.165, 1.54) is 12.1 Å². The van der Waals surface area contributed by atoms with Crippen molar-refractivity contribution in [3.63, 3.8) is 0 Å². The van der Waals surface area contributed by atoms with Crippen molar-refractivity contribution >= 4 is 23.2 Å². The number of rotatable bonds is 2. The predicted molar refractivity (Wildman–Crippen MR) is 50.1 cm³/mol. The number of allylic oxidation sites excluding steroid dienone is 1. The summed E-state index contributed by atoms with van der Waals surface area (Å²) in [6.45, 7) is 3.51. The SMILES string of the molecule is C=C(Cl)Cc1cc(F)cc(Cl)c1. The van der Waals surface area contributed by atoms with E-state index in [9.17, 15) is 4.39 Å². The third-order valence-corrected chi connectivity index (χ3v) is 1.67. The van der Waals surface area contributed by atoms with Gasteiger partial charge >= 0.3 is 0 Å². The zero-order chi connectivity index (χ0) is 9.14. The van der Waals surface area contributed by atoms with E-state index in [1.807, 2.05) is 0 Å². The lowest BCUT2D eigenvalue weighted by Crippen LogP contribution is -1.85. The van der Waals surface area contributed by atoms with E-state index in [2.05, 4.69) is 6.58 Å². The van der Waals surface area contributed by atoms with E-state index in [1.54, 1.807) is 6.07 Å². The van der Waals surface area contributed by atoms with Crippen LogP contribution in [0.1, 0.15) is 5.56 Å². The van der Waals surface area contributed by atoms with E-state index in [-0.39, 0.29) is 5.82 Å². The summed E-state index contributed by atoms with van der Waals surface area (Å²) in [6.07, 6.45) is 0.443. The van der Waals surface area contributed by atoms with Crippen LogP contribution in [0.5, 0.6) is 0 Å². The highest BCUT2D eigenvalue weighted by atomic mass is 35.5. The van der Waals surface area contributed by atoms with Crippen LogP contribution < -0.4 is 0 Å². The molecular formula is C9H7Cl2F. The summed E-state index contributed by atoms with van der Waals surface area (Å²) >= 11 is 11.2. The summed E-state index contributed by atoms with van der Waals surface area (Å²) in [5.41, 5.74) is 0.736. The summed E-state index contributed by atoms with van der Waals surface area (Å²) in [5.74, 6) is -0.351. The molecule has 3 heteroatoms. The van der Waals surface area contributed by atoms with Crippen molar-refractivity contribution in [3.05, 3.63) is 46.2 Å². The van der Waals surface area contributed by atoms with Crippen molar-refractivity contribution in [1.82, 2.24) is 0 Å². The quantitative estimate of drug-likeness (QED) is 0.689. The Morgan fingerprint density at radius 1 is 1.42 bits per heavy atom. The van der Waals surface area contributed by atoms with Gasteiger partial charge in [0.15, 0.2) is 0 Å². The minimum Gasteiger partial charge on any atom is -0.207 e. The Bertz CT molecular complexity index is 287. The maximum Gasteiger partial charge on any atom is 0.124 e. The molecule has 1 aromatic carbocycles. The van der Waals surface area contributed by atoms with E-state index in [0.29, 0.717) is 16.5 Å². The Hall–Kier alpha value is -0.530. The average Bonchev–Trinajstić information content (AvgIpc) is 1.81. The number of benzene rings is 1. The molecule has 0 aliphatic carbocycles. The highest BCUT2D eigenvalue weighted by molar-refractivity contribution is 6.31. The second kappa shape index (κ2) is 3.92. The van der Waals surface area contributed by atoms with Crippen LogP contribution in [-0.2, 0) is 6.42 Å². The molecule has 0 aromatic heterocycles. The monoisotopic (exact) mass is 204 g/mol. The van der Waals surface area contributed by atoms with Crippen molar-refractivity contribution in [2.24, 2.45) is 0 Å². The van der Waals surface area contributed by atoms with Gasteiger partial charge in [-0.2, -0.15) is 0 Å². The molecule has 0 nitrogen and oxygen atoms in total. The first-order chi connectivity index (χ1) is 5.58. The summed E-state index contributed by atoms with van der Waals surface area (Å²) in [7, 11) is 0. The Kier molecular flexibility index (Phi) is 3.12. The normalized spacial score (nSPS) is 9.92. The molecule has 0 amide bonds. The fourth-order valence-corrected chi connectivity index (χ4v) is 1.33. The Labute approximate surface area is 80.6 Å². The molecule has 0 aliphatic heterocycles. The van der Waals surface area contributed by atoms with Crippen LogP contribution in [0.4, 0.5) is 4.39 Å². The molecule has 64 valence electrons. The molecule has 1 aromatic rings. The van der Waals surface area contributed by atoms with Gasteiger partial charge in [-0.15, -0.1) is 0 Å². The molecule has 0 spiro atoms. The average molecular weight is 205 g/mol. The molecule has 1 rings (SSSR count). The third kappa shape index (κ3) is 2.84. The molecule has 0 radical (unpaired) electrons. The van der Waals surface area contributed by atoms with Crippen LogP contribution in [0, 0.1) is 5.82 Å². The fraction of sp³-hybridized carbons (Fsp3) is 0.111. The highest BCUT2D eigenvalue weighted by Gasteiger charge is 1.99. The fourth-order valence-electron chi connectivity index (χ4n) is 0.934. The number of halogens is 3. The third-order valence-electron chi connectivity index (χ3n) is 1.32. The van der Waals surface area contributed by atoms with Crippen molar-refractivity contribution < 1.29 is 4.39 Å². The second-order valence-corrected chi connectivity index (χ2v) is 3.44. The molecule has 0 heterocycles. The molecule has 0 atom stereocenters. The number of hydrogen-bond donors (Lipinski definition) is 0. The van der Waals surface area contributed by atoms with Gasteiger partial charge in [0.05, 0.1) is 0 Å². The van der Waals surface area contributed by atoms with Crippen molar-refractivity contribution in [1.29, 1.82) is 0 Å². The summed E-state index contributed by atoms with van der Waals surface area (Å²) < 4.78 is 12.7. The summed E-state index contributed by atoms with van der Waals surface area (Å²) in [4.78, 5) is 0. The van der Waals surface area contributed by atoms with Crippen LogP contribution in [-0.4, -0.2) is 0 Å². The van der Waals surface area contributed by atoms with Gasteiger partial charge in [-0.3, -0.25) is 0 Å². The van der Waals surface area contributed by atoms with Crippen LogP contribution in [0.2, 0.25) is 5.02 Å². The van der Waals surface area contributed by atoms with Crippen LogP contribution in [0.3, 0.4) is 0 Å². The predicted octanol–water partition coefficient (Wildman–Crippen LogP) is 3.77. The van der Waals surface area contributed by atoms with Crippen molar-refractivity contribution in [2.45, 2.75) is 6.42 Å². The molecule has 0 unspecified atom stereocenters. The number of hydrogen-bond acceptors (Lipinski definition) is 0. The van der Waals surface area contributed by atoms with Crippen LogP contribution >= 0.6 is 23.2 Å². The second-order valence-electron chi connectivity index (χ2n) is 2.47.